The van der Waals surface area contributed by atoms with Gasteiger partial charge in [0.15, 0.2) is 0 Å². The molecule has 2 rings (SSSR count). The number of rotatable bonds is 4. The Labute approximate surface area is 93.7 Å². The molecule has 1 aromatic carbocycles. The van der Waals surface area contributed by atoms with Crippen molar-refractivity contribution in [2.75, 3.05) is 6.54 Å². The van der Waals surface area contributed by atoms with Crippen molar-refractivity contribution in [2.24, 2.45) is 0 Å². The molecule has 0 saturated heterocycles. The highest BCUT2D eigenvalue weighted by molar-refractivity contribution is 5.62. The van der Waals surface area contributed by atoms with Crippen LogP contribution in [0.3, 0.4) is 0 Å². The summed E-state index contributed by atoms with van der Waals surface area (Å²) in [6.45, 7) is 3.73. The van der Waals surface area contributed by atoms with Crippen molar-refractivity contribution < 1.29 is 4.39 Å². The first kappa shape index (κ1) is 10.8. The number of aromatic nitrogens is 2. The van der Waals surface area contributed by atoms with Crippen LogP contribution < -0.4 is 5.32 Å². The fraction of sp³-hybridized carbons (Fsp3) is 0.250. The van der Waals surface area contributed by atoms with E-state index in [-0.39, 0.29) is 5.82 Å². The van der Waals surface area contributed by atoms with E-state index >= 15 is 0 Å². The number of halogens is 1. The quantitative estimate of drug-likeness (QED) is 0.828. The minimum Gasteiger partial charge on any atom is -0.313 e. The molecule has 16 heavy (non-hydrogen) atoms. The van der Waals surface area contributed by atoms with Gasteiger partial charge in [-0.25, -0.2) is 4.39 Å². The molecule has 0 amide bonds. The van der Waals surface area contributed by atoms with Gasteiger partial charge >= 0.3 is 0 Å². The van der Waals surface area contributed by atoms with Gasteiger partial charge in [-0.15, -0.1) is 0 Å². The third kappa shape index (κ3) is 2.28. The van der Waals surface area contributed by atoms with Crippen LogP contribution in [-0.4, -0.2) is 16.7 Å². The Kier molecular flexibility index (Phi) is 3.31. The molecule has 0 aliphatic heterocycles. The molecule has 0 aliphatic carbocycles. The summed E-state index contributed by atoms with van der Waals surface area (Å²) >= 11 is 0. The Morgan fingerprint density at radius 3 is 2.75 bits per heavy atom. The zero-order valence-corrected chi connectivity index (χ0v) is 9.13. The lowest BCUT2D eigenvalue weighted by molar-refractivity contribution is 0.628. The predicted molar refractivity (Wildman–Crippen MR) is 61.4 cm³/mol. The van der Waals surface area contributed by atoms with Gasteiger partial charge < -0.3 is 5.32 Å². The largest absolute Gasteiger partial charge is 0.313 e. The second-order valence-electron chi connectivity index (χ2n) is 3.56. The third-order valence-corrected chi connectivity index (χ3v) is 2.42. The molecule has 0 unspecified atom stereocenters. The van der Waals surface area contributed by atoms with Crippen molar-refractivity contribution in [1.29, 1.82) is 0 Å². The molecule has 2 aromatic rings. The fourth-order valence-electron chi connectivity index (χ4n) is 1.57. The first-order chi connectivity index (χ1) is 7.81. The van der Waals surface area contributed by atoms with Crippen molar-refractivity contribution >= 4 is 0 Å². The zero-order chi connectivity index (χ0) is 11.4. The van der Waals surface area contributed by atoms with Crippen LogP contribution in [0, 0.1) is 5.82 Å². The number of nitrogens with zero attached hydrogens (tertiary/aromatic N) is 1. The van der Waals surface area contributed by atoms with E-state index in [0.717, 1.165) is 29.9 Å². The highest BCUT2D eigenvalue weighted by Crippen LogP contribution is 2.20. The maximum atomic E-state index is 12.8. The van der Waals surface area contributed by atoms with Crippen LogP contribution >= 0.6 is 0 Å². The molecular formula is C12H14FN3. The normalized spacial score (nSPS) is 10.6. The molecule has 3 nitrogen and oxygen atoms in total. The monoisotopic (exact) mass is 219 g/mol. The second-order valence-corrected chi connectivity index (χ2v) is 3.56. The first-order valence-corrected chi connectivity index (χ1v) is 5.30. The molecule has 0 spiro atoms. The molecule has 84 valence electrons. The van der Waals surface area contributed by atoms with E-state index in [0.29, 0.717) is 0 Å². The Bertz CT molecular complexity index is 448. The third-order valence-electron chi connectivity index (χ3n) is 2.42. The summed E-state index contributed by atoms with van der Waals surface area (Å²) in [5, 5.41) is 10.2. The smallest absolute Gasteiger partial charge is 0.123 e. The Hall–Kier alpha value is -1.68. The number of hydrogen-bond donors (Lipinski definition) is 2. The van der Waals surface area contributed by atoms with Gasteiger partial charge in [-0.2, -0.15) is 5.10 Å². The lowest BCUT2D eigenvalue weighted by atomic mass is 10.1. The van der Waals surface area contributed by atoms with Gasteiger partial charge in [-0.3, -0.25) is 5.10 Å². The number of aromatic amines is 1. The Morgan fingerprint density at radius 2 is 2.06 bits per heavy atom. The highest BCUT2D eigenvalue weighted by Gasteiger charge is 2.06. The molecule has 1 heterocycles. The van der Waals surface area contributed by atoms with Crippen LogP contribution in [0.2, 0.25) is 0 Å². The summed E-state index contributed by atoms with van der Waals surface area (Å²) in [5.74, 6) is -0.225. The van der Waals surface area contributed by atoms with Gasteiger partial charge in [0.25, 0.3) is 0 Å². The summed E-state index contributed by atoms with van der Waals surface area (Å²) in [7, 11) is 0. The van der Waals surface area contributed by atoms with E-state index in [9.17, 15) is 4.39 Å². The summed E-state index contributed by atoms with van der Waals surface area (Å²) in [6, 6.07) is 6.40. The maximum Gasteiger partial charge on any atom is 0.123 e. The van der Waals surface area contributed by atoms with Gasteiger partial charge in [0, 0.05) is 17.7 Å². The van der Waals surface area contributed by atoms with Gasteiger partial charge in [0.2, 0.25) is 0 Å². The van der Waals surface area contributed by atoms with Gasteiger partial charge in [0.1, 0.15) is 5.82 Å². The number of H-pyrrole nitrogens is 1. The van der Waals surface area contributed by atoms with E-state index in [2.05, 4.69) is 22.4 Å². The summed E-state index contributed by atoms with van der Waals surface area (Å²) in [4.78, 5) is 0. The molecule has 2 N–H and O–H groups in total. The van der Waals surface area contributed by atoms with Gasteiger partial charge in [0.05, 0.1) is 11.9 Å². The van der Waals surface area contributed by atoms with Crippen LogP contribution in [0.15, 0.2) is 30.5 Å². The minimum atomic E-state index is -0.225. The van der Waals surface area contributed by atoms with Crippen molar-refractivity contribution in [3.63, 3.8) is 0 Å². The Morgan fingerprint density at radius 1 is 1.31 bits per heavy atom. The maximum absolute atomic E-state index is 12.8. The number of hydrogen-bond acceptors (Lipinski definition) is 2. The first-order valence-electron chi connectivity index (χ1n) is 5.30. The van der Waals surface area contributed by atoms with Crippen LogP contribution in [0.5, 0.6) is 0 Å². The van der Waals surface area contributed by atoms with Crippen LogP contribution in [0.1, 0.15) is 12.5 Å². The number of nitrogens with one attached hydrogen (secondary N) is 2. The Balaban J connectivity index is 2.26. The zero-order valence-electron chi connectivity index (χ0n) is 9.13. The molecule has 0 aliphatic rings. The van der Waals surface area contributed by atoms with E-state index in [1.54, 1.807) is 18.3 Å². The second kappa shape index (κ2) is 4.90. The molecule has 0 fully saturated rings. The topological polar surface area (TPSA) is 40.7 Å². The van der Waals surface area contributed by atoms with Gasteiger partial charge in [-0.05, 0) is 30.8 Å². The summed E-state index contributed by atoms with van der Waals surface area (Å²) in [6.07, 6.45) is 1.79. The lowest BCUT2D eigenvalue weighted by Crippen LogP contribution is -2.11. The molecule has 0 radical (unpaired) electrons. The minimum absolute atomic E-state index is 0.225. The van der Waals surface area contributed by atoms with E-state index in [4.69, 9.17) is 0 Å². The summed E-state index contributed by atoms with van der Waals surface area (Å²) < 4.78 is 12.8. The van der Waals surface area contributed by atoms with Crippen molar-refractivity contribution in [2.45, 2.75) is 13.5 Å². The number of benzene rings is 1. The standard InChI is InChI=1S/C12H14FN3/c1-2-14-7-10-8-15-16-12(10)9-3-5-11(13)6-4-9/h3-6,8,14H,2,7H2,1H3,(H,15,16). The van der Waals surface area contributed by atoms with Crippen molar-refractivity contribution in [3.05, 3.63) is 41.8 Å². The van der Waals surface area contributed by atoms with Crippen LogP contribution in [-0.2, 0) is 6.54 Å². The lowest BCUT2D eigenvalue weighted by Gasteiger charge is -2.03. The molecule has 0 atom stereocenters. The van der Waals surface area contributed by atoms with E-state index < -0.39 is 0 Å². The molecule has 4 heteroatoms. The molecule has 1 aromatic heterocycles. The van der Waals surface area contributed by atoms with E-state index in [1.165, 1.54) is 12.1 Å². The van der Waals surface area contributed by atoms with Crippen LogP contribution in [0.25, 0.3) is 11.3 Å². The van der Waals surface area contributed by atoms with Crippen molar-refractivity contribution in [3.8, 4) is 11.3 Å². The highest BCUT2D eigenvalue weighted by atomic mass is 19.1. The van der Waals surface area contributed by atoms with Crippen molar-refractivity contribution in [1.82, 2.24) is 15.5 Å². The molecular weight excluding hydrogens is 205 g/mol. The fourth-order valence-corrected chi connectivity index (χ4v) is 1.57. The average molecular weight is 219 g/mol. The van der Waals surface area contributed by atoms with Crippen LogP contribution in [0.4, 0.5) is 4.39 Å². The molecule has 0 bridgehead atoms. The SMILES string of the molecule is CCNCc1cn[nH]c1-c1ccc(F)cc1. The van der Waals surface area contributed by atoms with E-state index in [1.807, 2.05) is 0 Å². The average Bonchev–Trinajstić information content (AvgIpc) is 2.75. The summed E-state index contributed by atoms with van der Waals surface area (Å²) in [5.41, 5.74) is 2.99. The predicted octanol–water partition coefficient (Wildman–Crippen LogP) is 2.33. The molecule has 0 saturated carbocycles. The van der Waals surface area contributed by atoms with Gasteiger partial charge in [-0.1, -0.05) is 6.92 Å².